The van der Waals surface area contributed by atoms with Crippen LogP contribution in [0, 0.1) is 6.92 Å². The van der Waals surface area contributed by atoms with Crippen molar-refractivity contribution >= 4 is 17.2 Å². The minimum atomic E-state index is 0.0172. The lowest BCUT2D eigenvalue weighted by Crippen LogP contribution is -2.31. The molecule has 2 heterocycles. The van der Waals surface area contributed by atoms with E-state index >= 15 is 0 Å². The van der Waals surface area contributed by atoms with E-state index in [0.29, 0.717) is 6.54 Å². The van der Waals surface area contributed by atoms with Crippen LogP contribution in [-0.2, 0) is 4.74 Å². The highest BCUT2D eigenvalue weighted by atomic mass is 32.1. The number of carbonyl (C=O) groups is 1. The van der Waals surface area contributed by atoms with E-state index in [1.165, 1.54) is 11.3 Å². The second kappa shape index (κ2) is 4.77. The zero-order valence-corrected chi connectivity index (χ0v) is 9.60. The Kier molecular flexibility index (Phi) is 3.38. The van der Waals surface area contributed by atoms with Gasteiger partial charge in [0.1, 0.15) is 0 Å². The van der Waals surface area contributed by atoms with Crippen LogP contribution in [0.25, 0.3) is 0 Å². The second-order valence-electron chi connectivity index (χ2n) is 3.76. The monoisotopic (exact) mass is 225 g/mol. The molecule has 3 nitrogen and oxygen atoms in total. The molecule has 1 N–H and O–H groups in total. The molecule has 2 rings (SSSR count). The summed E-state index contributed by atoms with van der Waals surface area (Å²) in [6, 6.07) is 3.83. The number of nitrogens with one attached hydrogen (secondary N) is 1. The van der Waals surface area contributed by atoms with E-state index in [9.17, 15) is 4.79 Å². The fraction of sp³-hybridized carbons (Fsp3) is 0.545. The van der Waals surface area contributed by atoms with E-state index in [1.54, 1.807) is 0 Å². The molecule has 1 amide bonds. The molecule has 1 atom stereocenters. The Hall–Kier alpha value is -0.870. The van der Waals surface area contributed by atoms with Crippen molar-refractivity contribution in [2.75, 3.05) is 13.2 Å². The highest BCUT2D eigenvalue weighted by Crippen LogP contribution is 2.15. The maximum absolute atomic E-state index is 11.7. The molecular weight excluding hydrogens is 210 g/mol. The molecule has 1 aliphatic rings. The van der Waals surface area contributed by atoms with Gasteiger partial charge in [-0.25, -0.2) is 0 Å². The summed E-state index contributed by atoms with van der Waals surface area (Å²) in [7, 11) is 0. The number of aryl methyl sites for hydroxylation is 1. The first-order valence-corrected chi connectivity index (χ1v) is 6.03. The van der Waals surface area contributed by atoms with E-state index in [1.807, 2.05) is 19.1 Å². The molecule has 1 fully saturated rings. The van der Waals surface area contributed by atoms with Gasteiger partial charge in [0.25, 0.3) is 5.91 Å². The Morgan fingerprint density at radius 1 is 1.67 bits per heavy atom. The number of hydrogen-bond donors (Lipinski definition) is 1. The Balaban J connectivity index is 1.81. The van der Waals surface area contributed by atoms with E-state index in [-0.39, 0.29) is 12.0 Å². The minimum absolute atomic E-state index is 0.0172. The van der Waals surface area contributed by atoms with Gasteiger partial charge in [0, 0.05) is 18.0 Å². The average molecular weight is 225 g/mol. The molecule has 1 aromatic rings. The van der Waals surface area contributed by atoms with Crippen molar-refractivity contribution in [2.45, 2.75) is 25.9 Å². The number of hydrogen-bond acceptors (Lipinski definition) is 3. The third-order valence-corrected chi connectivity index (χ3v) is 3.48. The zero-order valence-electron chi connectivity index (χ0n) is 8.79. The van der Waals surface area contributed by atoms with E-state index in [0.717, 1.165) is 29.2 Å². The number of rotatable bonds is 3. The van der Waals surface area contributed by atoms with E-state index < -0.39 is 0 Å². The third kappa shape index (κ3) is 2.79. The first-order valence-electron chi connectivity index (χ1n) is 5.22. The summed E-state index contributed by atoms with van der Waals surface area (Å²) in [5.41, 5.74) is 0. The van der Waals surface area contributed by atoms with Gasteiger partial charge in [0.2, 0.25) is 0 Å². The van der Waals surface area contributed by atoms with Crippen LogP contribution < -0.4 is 5.32 Å². The first-order chi connectivity index (χ1) is 7.25. The van der Waals surface area contributed by atoms with Crippen molar-refractivity contribution < 1.29 is 9.53 Å². The fourth-order valence-electron chi connectivity index (χ4n) is 1.66. The van der Waals surface area contributed by atoms with Gasteiger partial charge in [-0.1, -0.05) is 0 Å². The van der Waals surface area contributed by atoms with Crippen LogP contribution in [0.5, 0.6) is 0 Å². The van der Waals surface area contributed by atoms with Crippen molar-refractivity contribution in [1.82, 2.24) is 5.32 Å². The van der Waals surface area contributed by atoms with Gasteiger partial charge in [0.15, 0.2) is 0 Å². The van der Waals surface area contributed by atoms with Crippen molar-refractivity contribution in [1.29, 1.82) is 0 Å². The van der Waals surface area contributed by atoms with Crippen LogP contribution in [0.3, 0.4) is 0 Å². The van der Waals surface area contributed by atoms with Crippen molar-refractivity contribution in [3.8, 4) is 0 Å². The Bertz CT molecular complexity index is 342. The Labute approximate surface area is 93.4 Å². The number of thiophene rings is 1. The van der Waals surface area contributed by atoms with Crippen LogP contribution in [0.2, 0.25) is 0 Å². The summed E-state index contributed by atoms with van der Waals surface area (Å²) in [5.74, 6) is 0.0172. The summed E-state index contributed by atoms with van der Waals surface area (Å²) < 4.78 is 5.43. The summed E-state index contributed by atoms with van der Waals surface area (Å²) in [5, 5.41) is 2.90. The van der Waals surface area contributed by atoms with Gasteiger partial charge < -0.3 is 10.1 Å². The summed E-state index contributed by atoms with van der Waals surface area (Å²) >= 11 is 1.53. The highest BCUT2D eigenvalue weighted by Gasteiger charge is 2.16. The Morgan fingerprint density at radius 3 is 3.13 bits per heavy atom. The average Bonchev–Trinajstić information content (AvgIpc) is 2.84. The SMILES string of the molecule is Cc1ccc(C(=O)NCC2CCCO2)s1. The second-order valence-corrected chi connectivity index (χ2v) is 5.04. The molecule has 1 aliphatic heterocycles. The summed E-state index contributed by atoms with van der Waals surface area (Å²) in [4.78, 5) is 13.6. The van der Waals surface area contributed by atoms with Crippen LogP contribution in [0.1, 0.15) is 27.4 Å². The van der Waals surface area contributed by atoms with Crippen molar-refractivity contribution in [2.24, 2.45) is 0 Å². The molecule has 15 heavy (non-hydrogen) atoms. The van der Waals surface area contributed by atoms with Gasteiger partial charge in [0.05, 0.1) is 11.0 Å². The van der Waals surface area contributed by atoms with Crippen LogP contribution >= 0.6 is 11.3 Å². The van der Waals surface area contributed by atoms with Gasteiger partial charge in [-0.3, -0.25) is 4.79 Å². The molecule has 4 heteroatoms. The molecule has 1 saturated heterocycles. The van der Waals surface area contributed by atoms with Gasteiger partial charge >= 0.3 is 0 Å². The lowest BCUT2D eigenvalue weighted by molar-refractivity contribution is 0.0861. The molecule has 0 radical (unpaired) electrons. The molecule has 0 aromatic carbocycles. The molecule has 1 aromatic heterocycles. The summed E-state index contributed by atoms with van der Waals surface area (Å²) in [6.45, 7) is 3.47. The zero-order chi connectivity index (χ0) is 10.7. The molecular formula is C11H15NO2S. The number of amides is 1. The highest BCUT2D eigenvalue weighted by molar-refractivity contribution is 7.13. The van der Waals surface area contributed by atoms with Crippen LogP contribution in [0.15, 0.2) is 12.1 Å². The lowest BCUT2D eigenvalue weighted by atomic mass is 10.2. The molecule has 0 bridgehead atoms. The molecule has 0 saturated carbocycles. The molecule has 0 spiro atoms. The largest absolute Gasteiger partial charge is 0.376 e. The molecule has 0 aliphatic carbocycles. The van der Waals surface area contributed by atoms with E-state index in [2.05, 4.69) is 5.32 Å². The maximum Gasteiger partial charge on any atom is 0.261 e. The third-order valence-electron chi connectivity index (χ3n) is 2.48. The minimum Gasteiger partial charge on any atom is -0.376 e. The molecule has 82 valence electrons. The summed E-state index contributed by atoms with van der Waals surface area (Å²) in [6.07, 6.45) is 2.39. The van der Waals surface area contributed by atoms with Crippen molar-refractivity contribution in [3.63, 3.8) is 0 Å². The number of carbonyl (C=O) groups excluding carboxylic acids is 1. The fourth-order valence-corrected chi connectivity index (χ4v) is 2.44. The predicted octanol–water partition coefficient (Wildman–Crippen LogP) is 1.97. The molecule has 1 unspecified atom stereocenters. The first kappa shape index (κ1) is 10.6. The van der Waals surface area contributed by atoms with Gasteiger partial charge in [-0.15, -0.1) is 11.3 Å². The normalized spacial score (nSPS) is 20.5. The van der Waals surface area contributed by atoms with Crippen molar-refractivity contribution in [3.05, 3.63) is 21.9 Å². The predicted molar refractivity (Wildman–Crippen MR) is 60.4 cm³/mol. The quantitative estimate of drug-likeness (QED) is 0.854. The van der Waals surface area contributed by atoms with Crippen LogP contribution in [-0.4, -0.2) is 25.2 Å². The number of ether oxygens (including phenoxy) is 1. The Morgan fingerprint density at radius 2 is 2.53 bits per heavy atom. The van der Waals surface area contributed by atoms with Gasteiger partial charge in [-0.2, -0.15) is 0 Å². The topological polar surface area (TPSA) is 38.3 Å². The van der Waals surface area contributed by atoms with Crippen LogP contribution in [0.4, 0.5) is 0 Å². The maximum atomic E-state index is 11.7. The standard InChI is InChI=1S/C11H15NO2S/c1-8-4-5-10(15-8)11(13)12-7-9-3-2-6-14-9/h4-5,9H,2-3,6-7H2,1H3,(H,12,13). The van der Waals surface area contributed by atoms with E-state index in [4.69, 9.17) is 4.74 Å². The van der Waals surface area contributed by atoms with Gasteiger partial charge in [-0.05, 0) is 31.9 Å². The lowest BCUT2D eigenvalue weighted by Gasteiger charge is -2.09. The smallest absolute Gasteiger partial charge is 0.261 e.